The predicted molar refractivity (Wildman–Crippen MR) is 97.6 cm³/mol. The largest absolute Gasteiger partial charge is 0.394 e. The van der Waals surface area contributed by atoms with E-state index in [1.165, 1.54) is 18.2 Å². The molecule has 2 aliphatic heterocycles. The highest BCUT2D eigenvalue weighted by atomic mass is 19.1. The van der Waals surface area contributed by atoms with E-state index in [2.05, 4.69) is 5.32 Å². The van der Waals surface area contributed by atoms with Crippen molar-refractivity contribution in [2.75, 3.05) is 19.7 Å². The normalized spacial score (nSPS) is 25.3. The summed E-state index contributed by atoms with van der Waals surface area (Å²) < 4.78 is 19.1. The first-order valence-electron chi connectivity index (χ1n) is 9.35. The number of carbonyl (C=O) groups is 2. The van der Waals surface area contributed by atoms with Crippen molar-refractivity contribution in [2.45, 2.75) is 43.9 Å². The molecule has 0 spiro atoms. The maximum Gasteiger partial charge on any atom is 0.251 e. The lowest BCUT2D eigenvalue weighted by molar-refractivity contribution is -0.136. The van der Waals surface area contributed by atoms with E-state index in [1.54, 1.807) is 12.2 Å². The number of amides is 2. The molecule has 1 saturated heterocycles. The van der Waals surface area contributed by atoms with E-state index in [1.807, 2.05) is 4.90 Å². The van der Waals surface area contributed by atoms with Gasteiger partial charge in [0.15, 0.2) is 0 Å². The minimum Gasteiger partial charge on any atom is -0.394 e. The number of likely N-dealkylation sites (tertiary alicyclic amines) is 1. The molecule has 6 nitrogen and oxygen atoms in total. The molecule has 27 heavy (non-hydrogen) atoms. The summed E-state index contributed by atoms with van der Waals surface area (Å²) >= 11 is 0. The molecule has 7 heteroatoms. The number of halogens is 1. The van der Waals surface area contributed by atoms with E-state index in [-0.39, 0.29) is 24.5 Å². The molecule has 2 heterocycles. The van der Waals surface area contributed by atoms with Gasteiger partial charge in [0, 0.05) is 18.7 Å². The van der Waals surface area contributed by atoms with Gasteiger partial charge in [0.05, 0.1) is 25.2 Å². The Bertz CT molecular complexity index is 703. The van der Waals surface area contributed by atoms with Crippen LogP contribution in [-0.2, 0) is 9.53 Å². The van der Waals surface area contributed by atoms with E-state index >= 15 is 0 Å². The molecule has 0 saturated carbocycles. The molecule has 2 aliphatic rings. The zero-order valence-corrected chi connectivity index (χ0v) is 15.1. The van der Waals surface area contributed by atoms with Gasteiger partial charge < -0.3 is 20.1 Å². The number of benzene rings is 1. The van der Waals surface area contributed by atoms with E-state index < -0.39 is 30.0 Å². The summed E-state index contributed by atoms with van der Waals surface area (Å²) in [4.78, 5) is 26.5. The number of nitrogens with one attached hydrogen (secondary N) is 1. The van der Waals surface area contributed by atoms with Gasteiger partial charge in [-0.3, -0.25) is 9.59 Å². The van der Waals surface area contributed by atoms with Crippen LogP contribution in [0, 0.1) is 5.82 Å². The highest BCUT2D eigenvalue weighted by molar-refractivity contribution is 5.94. The molecular formula is C20H25FN2O4. The first-order chi connectivity index (χ1) is 13.1. The van der Waals surface area contributed by atoms with Crippen LogP contribution in [0.4, 0.5) is 4.39 Å². The number of aliphatic hydroxyl groups is 1. The summed E-state index contributed by atoms with van der Waals surface area (Å²) in [7, 11) is 0. The van der Waals surface area contributed by atoms with Crippen molar-refractivity contribution in [2.24, 2.45) is 0 Å². The highest BCUT2D eigenvalue weighted by Crippen LogP contribution is 2.19. The maximum atomic E-state index is 13.3. The van der Waals surface area contributed by atoms with Crippen LogP contribution in [-0.4, -0.2) is 59.8 Å². The Morgan fingerprint density at radius 3 is 2.70 bits per heavy atom. The molecule has 1 aromatic rings. The molecule has 0 bridgehead atoms. The third-order valence-electron chi connectivity index (χ3n) is 4.93. The van der Waals surface area contributed by atoms with Crippen LogP contribution in [0.3, 0.4) is 0 Å². The summed E-state index contributed by atoms with van der Waals surface area (Å²) in [5.41, 5.74) is 0.197. The predicted octanol–water partition coefficient (Wildman–Crippen LogP) is 1.64. The molecule has 3 atom stereocenters. The van der Waals surface area contributed by atoms with Crippen LogP contribution in [0.1, 0.15) is 36.0 Å². The van der Waals surface area contributed by atoms with E-state index in [9.17, 15) is 19.1 Å². The molecule has 1 fully saturated rings. The van der Waals surface area contributed by atoms with Crippen molar-refractivity contribution in [3.8, 4) is 0 Å². The van der Waals surface area contributed by atoms with Crippen molar-refractivity contribution in [1.29, 1.82) is 0 Å². The molecule has 0 aliphatic carbocycles. The monoisotopic (exact) mass is 376 g/mol. The SMILES string of the molecule is O=C(N[C@H]1C=C[C@@H](CC(=O)N2CCCCC2)O[C@H]1CO)c1cccc(F)c1. The van der Waals surface area contributed by atoms with E-state index in [4.69, 9.17) is 4.74 Å². The van der Waals surface area contributed by atoms with Crippen LogP contribution in [0.5, 0.6) is 0 Å². The molecule has 3 rings (SSSR count). The van der Waals surface area contributed by atoms with Gasteiger partial charge in [-0.2, -0.15) is 0 Å². The second kappa shape index (κ2) is 9.10. The second-order valence-corrected chi connectivity index (χ2v) is 6.94. The zero-order valence-electron chi connectivity index (χ0n) is 15.1. The maximum absolute atomic E-state index is 13.3. The smallest absolute Gasteiger partial charge is 0.251 e. The van der Waals surface area contributed by atoms with Gasteiger partial charge in [-0.05, 0) is 37.5 Å². The van der Waals surface area contributed by atoms with E-state index in [0.717, 1.165) is 38.4 Å². The Hall–Kier alpha value is -2.25. The van der Waals surface area contributed by atoms with Gasteiger partial charge in [0.25, 0.3) is 5.91 Å². The van der Waals surface area contributed by atoms with Gasteiger partial charge in [0.1, 0.15) is 11.9 Å². The number of hydrogen-bond donors (Lipinski definition) is 2. The number of hydrogen-bond acceptors (Lipinski definition) is 4. The summed E-state index contributed by atoms with van der Waals surface area (Å²) in [5, 5.41) is 12.4. The van der Waals surface area contributed by atoms with Crippen LogP contribution < -0.4 is 5.32 Å². The number of piperidine rings is 1. The lowest BCUT2D eigenvalue weighted by Crippen LogP contribution is -2.49. The summed E-state index contributed by atoms with van der Waals surface area (Å²) in [6.07, 6.45) is 5.81. The summed E-state index contributed by atoms with van der Waals surface area (Å²) in [5.74, 6) is -0.898. The quantitative estimate of drug-likeness (QED) is 0.766. The molecule has 2 amide bonds. The third kappa shape index (κ3) is 5.14. The zero-order chi connectivity index (χ0) is 19.2. The van der Waals surface area contributed by atoms with Gasteiger partial charge in [-0.15, -0.1) is 0 Å². The minimum atomic E-state index is -0.660. The highest BCUT2D eigenvalue weighted by Gasteiger charge is 2.30. The first kappa shape index (κ1) is 19.5. The number of rotatable bonds is 5. The van der Waals surface area contributed by atoms with Gasteiger partial charge in [0.2, 0.25) is 5.91 Å². The van der Waals surface area contributed by atoms with Crippen LogP contribution in [0.2, 0.25) is 0 Å². The molecule has 0 unspecified atom stereocenters. The standard InChI is InChI=1S/C20H25FN2O4/c21-15-6-4-5-14(11-15)20(26)22-17-8-7-16(27-18(17)13-24)12-19(25)23-9-2-1-3-10-23/h4-8,11,16-18,24H,1-3,9-10,12-13H2,(H,22,26)/t16-,17-,18-/m0/s1. The average molecular weight is 376 g/mol. The average Bonchev–Trinajstić information content (AvgIpc) is 2.69. The molecule has 1 aromatic carbocycles. The lowest BCUT2D eigenvalue weighted by atomic mass is 10.0. The third-order valence-corrected chi connectivity index (χ3v) is 4.93. The molecule has 146 valence electrons. The Labute approximate surface area is 158 Å². The summed E-state index contributed by atoms with van der Waals surface area (Å²) in [6, 6.07) is 4.84. The van der Waals surface area contributed by atoms with E-state index in [0.29, 0.717) is 0 Å². The molecule has 0 radical (unpaired) electrons. The van der Waals surface area contributed by atoms with Crippen LogP contribution in [0.25, 0.3) is 0 Å². The lowest BCUT2D eigenvalue weighted by Gasteiger charge is -2.33. The number of aliphatic hydroxyl groups excluding tert-OH is 1. The molecule has 2 N–H and O–H groups in total. The fourth-order valence-corrected chi connectivity index (χ4v) is 3.44. The fourth-order valence-electron chi connectivity index (χ4n) is 3.44. The second-order valence-electron chi connectivity index (χ2n) is 6.94. The number of ether oxygens (including phenoxy) is 1. The fraction of sp³-hybridized carbons (Fsp3) is 0.500. The van der Waals surface area contributed by atoms with Crippen molar-refractivity contribution in [3.05, 3.63) is 47.8 Å². The number of nitrogens with zero attached hydrogens (tertiary/aromatic N) is 1. The minimum absolute atomic E-state index is 0.0447. The topological polar surface area (TPSA) is 78.9 Å². The Balaban J connectivity index is 1.59. The summed E-state index contributed by atoms with van der Waals surface area (Å²) in [6.45, 7) is 1.27. The van der Waals surface area contributed by atoms with Crippen LogP contribution >= 0.6 is 0 Å². The van der Waals surface area contributed by atoms with Crippen molar-refractivity contribution in [3.63, 3.8) is 0 Å². The van der Waals surface area contributed by atoms with Gasteiger partial charge >= 0.3 is 0 Å². The van der Waals surface area contributed by atoms with Crippen LogP contribution in [0.15, 0.2) is 36.4 Å². The van der Waals surface area contributed by atoms with Crippen molar-refractivity contribution >= 4 is 11.8 Å². The first-order valence-corrected chi connectivity index (χ1v) is 9.35. The Morgan fingerprint density at radius 2 is 2.00 bits per heavy atom. The van der Waals surface area contributed by atoms with Gasteiger partial charge in [-0.25, -0.2) is 4.39 Å². The van der Waals surface area contributed by atoms with Crippen molar-refractivity contribution in [1.82, 2.24) is 10.2 Å². The number of carbonyl (C=O) groups excluding carboxylic acids is 2. The molecule has 0 aromatic heterocycles. The van der Waals surface area contributed by atoms with Gasteiger partial charge in [-0.1, -0.05) is 18.2 Å². The molecular weight excluding hydrogens is 351 g/mol. The van der Waals surface area contributed by atoms with Crippen molar-refractivity contribution < 1.29 is 23.8 Å². The Kier molecular flexibility index (Phi) is 6.58. The Morgan fingerprint density at radius 1 is 1.22 bits per heavy atom.